The smallest absolute Gasteiger partial charge is 0.310 e. The Balaban J connectivity index is 4.45. The molecule has 0 rings (SSSR count). The summed E-state index contributed by atoms with van der Waals surface area (Å²) >= 11 is 0. The molecule has 0 atom stereocenters. The van der Waals surface area contributed by atoms with Crippen molar-refractivity contribution in [3.63, 3.8) is 0 Å². The highest BCUT2D eigenvalue weighted by Crippen LogP contribution is 2.10. The zero-order chi connectivity index (χ0) is 13.2. The van der Waals surface area contributed by atoms with Crippen LogP contribution in [-0.2, 0) is 23.2 Å². The molecule has 0 fully saturated rings. The van der Waals surface area contributed by atoms with E-state index < -0.39 is 38.5 Å². The summed E-state index contributed by atoms with van der Waals surface area (Å²) < 4.78 is 32.9. The third-order valence-electron chi connectivity index (χ3n) is 1.09. The molecule has 0 aromatic heterocycles. The summed E-state index contributed by atoms with van der Waals surface area (Å²) in [6, 6.07) is 0. The van der Waals surface area contributed by atoms with E-state index in [4.69, 9.17) is 8.30 Å². The van der Waals surface area contributed by atoms with Gasteiger partial charge in [0, 0.05) is 0 Å². The molecule has 0 aromatic carbocycles. The van der Waals surface area contributed by atoms with Crippen LogP contribution in [0.15, 0.2) is 0 Å². The monoisotopic (exact) mass is 284 g/mol. The Bertz CT molecular complexity index is 350. The summed E-state index contributed by atoms with van der Waals surface area (Å²) in [5.74, 6) is -1.42. The zero-order valence-electron chi connectivity index (χ0n) is 10.7. The Morgan fingerprint density at radius 3 is 1.75 bits per heavy atom. The highest BCUT2D eigenvalue weighted by molar-refractivity contribution is 7.88. The van der Waals surface area contributed by atoms with E-state index in [1.807, 2.05) is 19.6 Å². The SMILES string of the molecule is C[Si](C)(C)OC(=O)CS(=O)(=O)O[Si](C)(C)C. The largest absolute Gasteiger partial charge is 0.519 e. The fraction of sp³-hybridized carbons (Fsp3) is 0.875. The Kier molecular flexibility index (Phi) is 4.93. The van der Waals surface area contributed by atoms with Gasteiger partial charge in [0.05, 0.1) is 0 Å². The quantitative estimate of drug-likeness (QED) is 0.716. The van der Waals surface area contributed by atoms with Crippen molar-refractivity contribution in [1.82, 2.24) is 0 Å². The predicted molar refractivity (Wildman–Crippen MR) is 67.7 cm³/mol. The van der Waals surface area contributed by atoms with Crippen molar-refractivity contribution < 1.29 is 21.5 Å². The number of carbonyl (C=O) groups is 1. The van der Waals surface area contributed by atoms with Gasteiger partial charge in [-0.3, -0.25) is 4.79 Å². The molecule has 0 aliphatic rings. The first-order chi connectivity index (χ1) is 6.81. The maximum absolute atomic E-state index is 11.5. The van der Waals surface area contributed by atoms with Crippen LogP contribution in [0.3, 0.4) is 0 Å². The fourth-order valence-electron chi connectivity index (χ4n) is 0.926. The lowest BCUT2D eigenvalue weighted by Gasteiger charge is -2.19. The second-order valence-electron chi connectivity index (χ2n) is 5.48. The van der Waals surface area contributed by atoms with Crippen molar-refractivity contribution in [3.8, 4) is 0 Å². The highest BCUT2D eigenvalue weighted by Gasteiger charge is 2.29. The van der Waals surface area contributed by atoms with Crippen LogP contribution in [0.5, 0.6) is 0 Å². The van der Waals surface area contributed by atoms with Crippen LogP contribution in [-0.4, -0.2) is 36.8 Å². The number of carbonyl (C=O) groups excluding carboxylic acids is 1. The summed E-state index contributed by atoms with van der Waals surface area (Å²) in [4.78, 5) is 11.3. The molecule has 8 heteroatoms. The van der Waals surface area contributed by atoms with Crippen LogP contribution in [0.25, 0.3) is 0 Å². The molecule has 0 spiro atoms. The van der Waals surface area contributed by atoms with Gasteiger partial charge in [0.25, 0.3) is 10.1 Å². The first kappa shape index (κ1) is 15.8. The van der Waals surface area contributed by atoms with Crippen molar-refractivity contribution in [2.45, 2.75) is 39.3 Å². The van der Waals surface area contributed by atoms with Crippen LogP contribution in [0, 0.1) is 0 Å². The Hall–Kier alpha value is -0.186. The molecule has 96 valence electrons. The van der Waals surface area contributed by atoms with Crippen LogP contribution in [0.2, 0.25) is 39.3 Å². The van der Waals surface area contributed by atoms with Crippen molar-refractivity contribution in [1.29, 1.82) is 0 Å². The van der Waals surface area contributed by atoms with Gasteiger partial charge in [0.2, 0.25) is 16.6 Å². The minimum Gasteiger partial charge on any atom is -0.519 e. The molecule has 0 aromatic rings. The molecule has 0 saturated heterocycles. The molecule has 0 amide bonds. The fourth-order valence-corrected chi connectivity index (χ4v) is 5.42. The van der Waals surface area contributed by atoms with Gasteiger partial charge in [0.15, 0.2) is 5.75 Å². The molecule has 5 nitrogen and oxygen atoms in total. The van der Waals surface area contributed by atoms with Crippen molar-refractivity contribution in [2.24, 2.45) is 0 Å². The van der Waals surface area contributed by atoms with E-state index in [0.717, 1.165) is 0 Å². The number of hydrogen-bond donors (Lipinski definition) is 0. The van der Waals surface area contributed by atoms with Crippen LogP contribution in [0.4, 0.5) is 0 Å². The van der Waals surface area contributed by atoms with E-state index in [1.54, 1.807) is 19.6 Å². The topological polar surface area (TPSA) is 69.7 Å². The van der Waals surface area contributed by atoms with Gasteiger partial charge >= 0.3 is 5.97 Å². The molecule has 0 heterocycles. The van der Waals surface area contributed by atoms with Crippen molar-refractivity contribution in [2.75, 3.05) is 5.75 Å². The molecule has 0 unspecified atom stereocenters. The van der Waals surface area contributed by atoms with E-state index in [0.29, 0.717) is 0 Å². The van der Waals surface area contributed by atoms with Crippen molar-refractivity contribution >= 4 is 32.7 Å². The lowest BCUT2D eigenvalue weighted by atomic mass is 10.8. The van der Waals surface area contributed by atoms with Gasteiger partial charge in [-0.25, -0.2) is 0 Å². The summed E-state index contributed by atoms with van der Waals surface area (Å²) in [5.41, 5.74) is 0. The van der Waals surface area contributed by atoms with Crippen molar-refractivity contribution in [3.05, 3.63) is 0 Å². The van der Waals surface area contributed by atoms with E-state index in [2.05, 4.69) is 0 Å². The van der Waals surface area contributed by atoms with Gasteiger partial charge in [-0.05, 0) is 39.3 Å². The molecule has 0 saturated carbocycles. The lowest BCUT2D eigenvalue weighted by Crippen LogP contribution is -2.36. The van der Waals surface area contributed by atoms with Crippen LogP contribution < -0.4 is 0 Å². The molecule has 0 N–H and O–H groups in total. The maximum atomic E-state index is 11.5. The summed E-state index contributed by atoms with van der Waals surface area (Å²) in [6.45, 7) is 10.7. The van der Waals surface area contributed by atoms with Crippen LogP contribution in [0.1, 0.15) is 0 Å². The molecular formula is C8H20O5SSi2. The average Bonchev–Trinajstić information content (AvgIpc) is 1.70. The number of rotatable bonds is 5. The summed E-state index contributed by atoms with van der Waals surface area (Å²) in [7, 11) is -8.04. The highest BCUT2D eigenvalue weighted by atomic mass is 32.2. The minimum absolute atomic E-state index is 0.693. The molecule has 16 heavy (non-hydrogen) atoms. The number of hydrogen-bond acceptors (Lipinski definition) is 5. The van der Waals surface area contributed by atoms with Gasteiger partial charge in [-0.2, -0.15) is 8.42 Å². The van der Waals surface area contributed by atoms with Gasteiger partial charge in [-0.1, -0.05) is 0 Å². The molecule has 0 aliphatic carbocycles. The van der Waals surface area contributed by atoms with Gasteiger partial charge in [-0.15, -0.1) is 0 Å². The second kappa shape index (κ2) is 4.98. The van der Waals surface area contributed by atoms with E-state index in [9.17, 15) is 13.2 Å². The Morgan fingerprint density at radius 2 is 1.44 bits per heavy atom. The third kappa shape index (κ3) is 9.07. The summed E-state index contributed by atoms with van der Waals surface area (Å²) in [5, 5.41) is 0. The van der Waals surface area contributed by atoms with E-state index >= 15 is 0 Å². The normalized spacial score (nSPS) is 13.6. The predicted octanol–water partition coefficient (Wildman–Crippen LogP) is 1.55. The average molecular weight is 284 g/mol. The standard InChI is InChI=1S/C8H20O5SSi2/c1-15(2,3)12-8(9)7-14(10,11)13-16(4,5)6/h7H2,1-6H3. The first-order valence-corrected chi connectivity index (χ1v) is 13.4. The molecule has 0 radical (unpaired) electrons. The van der Waals surface area contributed by atoms with E-state index in [-0.39, 0.29) is 0 Å². The Morgan fingerprint density at radius 1 is 1.00 bits per heavy atom. The van der Waals surface area contributed by atoms with Crippen LogP contribution >= 0.6 is 0 Å². The lowest BCUT2D eigenvalue weighted by molar-refractivity contribution is -0.132. The molecule has 0 bridgehead atoms. The second-order valence-corrected chi connectivity index (χ2v) is 16.2. The Labute approximate surface area is 99.5 Å². The first-order valence-electron chi connectivity index (χ1n) is 4.96. The third-order valence-corrected chi connectivity index (χ3v) is 5.54. The van der Waals surface area contributed by atoms with Gasteiger partial charge in [0.1, 0.15) is 0 Å². The summed E-state index contributed by atoms with van der Waals surface area (Å²) in [6.07, 6.45) is 0. The minimum atomic E-state index is -3.80. The molecular weight excluding hydrogens is 264 g/mol. The van der Waals surface area contributed by atoms with Gasteiger partial charge < -0.3 is 8.30 Å². The zero-order valence-corrected chi connectivity index (χ0v) is 13.5. The van der Waals surface area contributed by atoms with E-state index in [1.165, 1.54) is 0 Å². The maximum Gasteiger partial charge on any atom is 0.310 e. The molecule has 0 aliphatic heterocycles.